The van der Waals surface area contributed by atoms with Gasteiger partial charge in [0, 0.05) is 22.2 Å². The summed E-state index contributed by atoms with van der Waals surface area (Å²) in [7, 11) is -1.27. The maximum absolute atomic E-state index is 12.6. The molecule has 34 heavy (non-hydrogen) atoms. The number of carboxylic acids is 1. The second kappa shape index (κ2) is 14.6. The number of ether oxygens (including phenoxy) is 1. The summed E-state index contributed by atoms with van der Waals surface area (Å²) in [6.45, 7) is 5.31. The number of aromatic hydroxyl groups is 1. The molecule has 2 aromatic rings. The number of Topliss-reactive ketones (excluding diaryl/α,β-unsaturated/α-hetero) is 1. The Kier molecular flexibility index (Phi) is 13.1. The molecule has 2 N–H and O–H groups in total. The van der Waals surface area contributed by atoms with Gasteiger partial charge in [0.2, 0.25) is 0 Å². The van der Waals surface area contributed by atoms with Gasteiger partial charge in [0.25, 0.3) is 0 Å². The van der Waals surface area contributed by atoms with Gasteiger partial charge in [-0.1, -0.05) is 32.4 Å². The van der Waals surface area contributed by atoms with Crippen molar-refractivity contribution in [2.75, 3.05) is 12.4 Å². The number of phenols is 1. The van der Waals surface area contributed by atoms with Crippen molar-refractivity contribution in [2.45, 2.75) is 57.5 Å². The number of carbonyl (C=O) groups is 2. The molecule has 2 rings (SSSR count). The Morgan fingerprint density at radius 3 is 2.35 bits per heavy atom. The van der Waals surface area contributed by atoms with Crippen LogP contribution in [-0.2, 0) is 22.0 Å². The first-order valence-electron chi connectivity index (χ1n) is 11.0. The van der Waals surface area contributed by atoms with Gasteiger partial charge in [0.1, 0.15) is 11.5 Å². The number of rotatable bonds is 13. The van der Waals surface area contributed by atoms with Crippen LogP contribution >= 0.6 is 0 Å². The van der Waals surface area contributed by atoms with E-state index in [-0.39, 0.29) is 53.1 Å². The molecule has 0 saturated carbocycles. The fraction of sp³-hybridized carbons (Fsp3) is 0.440. The van der Waals surface area contributed by atoms with Crippen LogP contribution in [0.15, 0.2) is 41.3 Å². The van der Waals surface area contributed by atoms with Crippen LogP contribution in [0.4, 0.5) is 0 Å². The summed E-state index contributed by atoms with van der Waals surface area (Å²) < 4.78 is 18.4. The van der Waals surface area contributed by atoms with Crippen LogP contribution in [0.1, 0.15) is 67.6 Å². The minimum Gasteiger partial charge on any atom is -0.550 e. The van der Waals surface area contributed by atoms with Gasteiger partial charge in [-0.25, -0.2) is 0 Å². The maximum Gasteiger partial charge on any atom is 1.00 e. The summed E-state index contributed by atoms with van der Waals surface area (Å²) >= 11 is 0. The van der Waals surface area contributed by atoms with Gasteiger partial charge in [-0.15, -0.1) is 0 Å². The van der Waals surface area contributed by atoms with Crippen LogP contribution in [0.2, 0.25) is 0 Å². The number of hydrogen-bond acceptors (Lipinski definition) is 7. The molecule has 0 spiro atoms. The van der Waals surface area contributed by atoms with Crippen molar-refractivity contribution in [3.8, 4) is 11.5 Å². The molecule has 3 unspecified atom stereocenters. The molecule has 0 aromatic heterocycles. The minimum atomic E-state index is -1.27. The summed E-state index contributed by atoms with van der Waals surface area (Å²) in [5.74, 6) is -1.07. The first-order valence-corrected chi connectivity index (χ1v) is 12.3. The Labute approximate surface area is 225 Å². The molecular formula is C25H31NaO7S. The fourth-order valence-electron chi connectivity index (χ4n) is 3.54. The van der Waals surface area contributed by atoms with E-state index in [0.717, 1.165) is 6.42 Å². The summed E-state index contributed by atoms with van der Waals surface area (Å²) in [6.07, 6.45) is 0.687. The van der Waals surface area contributed by atoms with Gasteiger partial charge in [0.05, 0.1) is 29.1 Å². The number of benzene rings is 2. The second-order valence-electron chi connectivity index (χ2n) is 8.06. The molecule has 9 heteroatoms. The molecule has 0 saturated heterocycles. The largest absolute Gasteiger partial charge is 1.00 e. The molecule has 0 heterocycles. The van der Waals surface area contributed by atoms with Crippen LogP contribution in [0.3, 0.4) is 0 Å². The van der Waals surface area contributed by atoms with E-state index in [1.807, 2.05) is 6.92 Å². The summed E-state index contributed by atoms with van der Waals surface area (Å²) in [4.78, 5) is 23.0. The van der Waals surface area contributed by atoms with E-state index < -0.39 is 28.8 Å². The zero-order chi connectivity index (χ0) is 24.5. The van der Waals surface area contributed by atoms with Gasteiger partial charge in [-0.2, -0.15) is 0 Å². The standard InChI is InChI=1S/C25H32O7S.Na/c1-4-6-21-22(12-11-20(17(3)26)25(21)30)32-13-5-14-33(31)19-9-7-18(8-10-19)24(29)16(2)15-23(27)28;/h7-12,16,24,29-30H,4-6,13-15H2,1-3H3,(H,27,28);/q;+1/p-1. The van der Waals surface area contributed by atoms with E-state index in [9.17, 15) is 29.1 Å². The van der Waals surface area contributed by atoms with E-state index in [0.29, 0.717) is 47.0 Å². The average Bonchev–Trinajstić information content (AvgIpc) is 2.77. The van der Waals surface area contributed by atoms with Crippen molar-refractivity contribution in [3.63, 3.8) is 0 Å². The van der Waals surface area contributed by atoms with E-state index >= 15 is 0 Å². The van der Waals surface area contributed by atoms with Crippen molar-refractivity contribution >= 4 is 22.6 Å². The van der Waals surface area contributed by atoms with Crippen molar-refractivity contribution in [3.05, 3.63) is 53.1 Å². The second-order valence-corrected chi connectivity index (χ2v) is 9.63. The predicted octanol–water partition coefficient (Wildman–Crippen LogP) is -0.0625. The Morgan fingerprint density at radius 1 is 1.15 bits per heavy atom. The van der Waals surface area contributed by atoms with E-state index in [1.165, 1.54) is 6.92 Å². The van der Waals surface area contributed by atoms with Crippen molar-refractivity contribution in [1.29, 1.82) is 0 Å². The minimum absolute atomic E-state index is 0. The van der Waals surface area contributed by atoms with Crippen LogP contribution in [-0.4, -0.2) is 38.5 Å². The smallest absolute Gasteiger partial charge is 0.550 e. The number of ketones is 1. The molecule has 0 aliphatic heterocycles. The molecule has 2 aromatic carbocycles. The van der Waals surface area contributed by atoms with Gasteiger partial charge in [-0.3, -0.25) is 9.00 Å². The number of aliphatic hydroxyl groups is 1. The van der Waals surface area contributed by atoms with Gasteiger partial charge >= 0.3 is 29.6 Å². The Morgan fingerprint density at radius 2 is 1.79 bits per heavy atom. The van der Waals surface area contributed by atoms with Crippen LogP contribution in [0.5, 0.6) is 11.5 Å². The number of hydrogen-bond donors (Lipinski definition) is 2. The third kappa shape index (κ3) is 8.50. The average molecular weight is 499 g/mol. The zero-order valence-electron chi connectivity index (χ0n) is 20.2. The fourth-order valence-corrected chi connectivity index (χ4v) is 4.59. The van der Waals surface area contributed by atoms with E-state index in [4.69, 9.17) is 4.74 Å². The number of carboxylic acid groups (broad SMARTS) is 1. The van der Waals surface area contributed by atoms with Gasteiger partial charge in [0.15, 0.2) is 5.78 Å². The number of aliphatic carboxylic acids is 1. The van der Waals surface area contributed by atoms with Crippen LogP contribution < -0.4 is 39.4 Å². The third-order valence-corrected chi connectivity index (χ3v) is 6.82. The summed E-state index contributed by atoms with van der Waals surface area (Å²) in [5.41, 5.74) is 1.44. The van der Waals surface area contributed by atoms with E-state index in [2.05, 4.69) is 0 Å². The SMILES string of the molecule is CCCc1c(OCCCS(=O)c2ccc(C(O)C(C)CC(=O)[O-])cc2)ccc(C(C)=O)c1O.[Na+]. The predicted molar refractivity (Wildman–Crippen MR) is 124 cm³/mol. The molecule has 0 radical (unpaired) electrons. The quantitative estimate of drug-likeness (QED) is 0.225. The molecule has 180 valence electrons. The van der Waals surface area contributed by atoms with E-state index in [1.54, 1.807) is 43.3 Å². The van der Waals surface area contributed by atoms with Crippen molar-refractivity contribution in [1.82, 2.24) is 0 Å². The van der Waals surface area contributed by atoms with Crippen LogP contribution in [0, 0.1) is 5.92 Å². The first-order chi connectivity index (χ1) is 15.6. The molecule has 0 aliphatic carbocycles. The summed E-state index contributed by atoms with van der Waals surface area (Å²) in [6, 6.07) is 9.86. The molecular weight excluding hydrogens is 467 g/mol. The van der Waals surface area contributed by atoms with Gasteiger partial charge in [-0.05, 0) is 61.9 Å². The van der Waals surface area contributed by atoms with Gasteiger partial charge < -0.3 is 24.9 Å². The number of carbonyl (C=O) groups excluding carboxylic acids is 2. The zero-order valence-corrected chi connectivity index (χ0v) is 23.0. The molecule has 0 bridgehead atoms. The number of phenolic OH excluding ortho intramolecular Hbond substituents is 1. The van der Waals surface area contributed by atoms with Crippen LogP contribution in [0.25, 0.3) is 0 Å². The Hall–Kier alpha value is -1.71. The Bertz CT molecular complexity index is 992. The monoisotopic (exact) mass is 498 g/mol. The summed E-state index contributed by atoms with van der Waals surface area (Å²) in [5, 5.41) is 31.4. The molecule has 0 fully saturated rings. The third-order valence-electron chi connectivity index (χ3n) is 5.36. The Balaban J connectivity index is 0.00000578. The molecule has 3 atom stereocenters. The molecule has 7 nitrogen and oxygen atoms in total. The maximum atomic E-state index is 12.6. The van der Waals surface area contributed by atoms with Crippen molar-refractivity contribution < 1.29 is 63.4 Å². The topological polar surface area (TPSA) is 124 Å². The number of aliphatic hydroxyl groups excluding tert-OH is 1. The normalized spacial score (nSPS) is 13.4. The molecule has 0 aliphatic rings. The molecule has 0 amide bonds. The van der Waals surface area contributed by atoms with Crippen molar-refractivity contribution in [2.24, 2.45) is 5.92 Å². The first kappa shape index (κ1) is 30.3.